The summed E-state index contributed by atoms with van der Waals surface area (Å²) in [6, 6.07) is 14.2. The van der Waals surface area contributed by atoms with Gasteiger partial charge in [-0.25, -0.2) is 16.8 Å². The van der Waals surface area contributed by atoms with E-state index in [0.29, 0.717) is 28.1 Å². The third-order valence-corrected chi connectivity index (χ3v) is 6.30. The quantitative estimate of drug-likeness (QED) is 0.490. The molecule has 0 aliphatic carbocycles. The van der Waals surface area contributed by atoms with E-state index in [0.717, 1.165) is 0 Å². The summed E-state index contributed by atoms with van der Waals surface area (Å²) in [7, 11) is -3.90. The number of hydrogen-bond acceptors (Lipinski definition) is 5. The summed E-state index contributed by atoms with van der Waals surface area (Å²) in [6.45, 7) is 1.75. The van der Waals surface area contributed by atoms with Gasteiger partial charge < -0.3 is 10.3 Å². The van der Waals surface area contributed by atoms with Crippen LogP contribution in [0.15, 0.2) is 64.0 Å². The van der Waals surface area contributed by atoms with Gasteiger partial charge in [0.15, 0.2) is 0 Å². The van der Waals surface area contributed by atoms with Gasteiger partial charge in [0.25, 0.3) is 10.0 Å². The molecule has 0 spiro atoms. The topological polar surface area (TPSA) is 91.1 Å². The van der Waals surface area contributed by atoms with Gasteiger partial charge in [-0.2, -0.15) is 0 Å². The number of nitrogens with two attached hydrogens (primary N) is 1. The van der Waals surface area contributed by atoms with Gasteiger partial charge in [-0.15, -0.1) is 12.4 Å². The normalized spacial score (nSPS) is 11.8. The highest BCUT2D eigenvalue weighted by molar-refractivity contribution is 7.90. The van der Waals surface area contributed by atoms with Gasteiger partial charge in [0.1, 0.15) is 17.3 Å². The van der Waals surface area contributed by atoms with Crippen molar-refractivity contribution in [2.75, 3.05) is 0 Å². The Morgan fingerprint density at radius 3 is 2.50 bits per heavy atom. The van der Waals surface area contributed by atoms with Crippen LogP contribution in [0.25, 0.3) is 23.1 Å². The van der Waals surface area contributed by atoms with Gasteiger partial charge in [-0.1, -0.05) is 23.4 Å². The molecule has 6 nitrogen and oxygen atoms in total. The first kappa shape index (κ1) is 21.8. The van der Waals surface area contributed by atoms with Crippen LogP contribution >= 0.6 is 12.4 Å². The Morgan fingerprint density at radius 2 is 1.87 bits per heavy atom. The number of nitrogens with zero attached hydrogens (tertiary/aromatic N) is 2. The number of rotatable bonds is 5. The van der Waals surface area contributed by atoms with Gasteiger partial charge in [-0.05, 0) is 49.4 Å². The zero-order valence-electron chi connectivity index (χ0n) is 15.9. The maximum absolute atomic E-state index is 14.6. The SMILES string of the molecule is Cc1cc(C=Cc2cc3c(cc2F)cc(CN)n3S(=O)(=O)c2ccccc2)no1.Cl. The van der Waals surface area contributed by atoms with E-state index in [1.165, 1.54) is 34.3 Å². The van der Waals surface area contributed by atoms with E-state index >= 15 is 0 Å². The van der Waals surface area contributed by atoms with Crippen LogP contribution in [0.2, 0.25) is 0 Å². The second-order valence-electron chi connectivity index (χ2n) is 6.55. The summed E-state index contributed by atoms with van der Waals surface area (Å²) in [5, 5.41) is 4.29. The molecule has 0 aliphatic rings. The Kier molecular flexibility index (Phi) is 6.12. The largest absolute Gasteiger partial charge is 0.361 e. The smallest absolute Gasteiger partial charge is 0.268 e. The molecule has 0 aliphatic heterocycles. The lowest BCUT2D eigenvalue weighted by Gasteiger charge is -2.11. The van der Waals surface area contributed by atoms with Crippen molar-refractivity contribution >= 4 is 45.5 Å². The number of halogens is 2. The second-order valence-corrected chi connectivity index (χ2v) is 8.34. The average Bonchev–Trinajstić information content (AvgIpc) is 3.29. The van der Waals surface area contributed by atoms with Crippen molar-refractivity contribution in [2.45, 2.75) is 18.4 Å². The van der Waals surface area contributed by atoms with Crippen molar-refractivity contribution in [3.63, 3.8) is 0 Å². The lowest BCUT2D eigenvalue weighted by Crippen LogP contribution is -2.17. The molecule has 0 amide bonds. The second kappa shape index (κ2) is 8.43. The Morgan fingerprint density at radius 1 is 1.13 bits per heavy atom. The van der Waals surface area contributed by atoms with E-state index in [1.54, 1.807) is 43.3 Å². The monoisotopic (exact) mass is 447 g/mol. The highest BCUT2D eigenvalue weighted by Crippen LogP contribution is 2.28. The van der Waals surface area contributed by atoms with Crippen molar-refractivity contribution < 1.29 is 17.3 Å². The fourth-order valence-corrected chi connectivity index (χ4v) is 4.73. The van der Waals surface area contributed by atoms with Crippen LogP contribution in [0.1, 0.15) is 22.7 Å². The summed E-state index contributed by atoms with van der Waals surface area (Å²) >= 11 is 0. The molecule has 0 radical (unpaired) electrons. The highest BCUT2D eigenvalue weighted by Gasteiger charge is 2.23. The van der Waals surface area contributed by atoms with Crippen molar-refractivity contribution in [1.29, 1.82) is 0 Å². The van der Waals surface area contributed by atoms with Crippen LogP contribution in [0, 0.1) is 12.7 Å². The Hall–Kier alpha value is -2.94. The standard InChI is InChI=1S/C21H18FN3O3S.ClH/c1-14-9-17(24-28-14)8-7-15-12-21-16(11-20(15)22)10-18(13-23)25(21)29(26,27)19-5-3-2-4-6-19;/h2-12H,13,23H2,1H3;1H. The summed E-state index contributed by atoms with van der Waals surface area (Å²) in [4.78, 5) is 0.131. The van der Waals surface area contributed by atoms with Crippen LogP contribution in [0.3, 0.4) is 0 Å². The van der Waals surface area contributed by atoms with Gasteiger partial charge >= 0.3 is 0 Å². The molecular formula is C21H19ClFN3O3S. The van der Waals surface area contributed by atoms with E-state index in [-0.39, 0.29) is 29.4 Å². The minimum atomic E-state index is -3.90. The van der Waals surface area contributed by atoms with E-state index < -0.39 is 15.8 Å². The lowest BCUT2D eigenvalue weighted by atomic mass is 10.1. The first-order valence-corrected chi connectivity index (χ1v) is 10.3. The number of aromatic nitrogens is 2. The molecule has 0 unspecified atom stereocenters. The van der Waals surface area contributed by atoms with E-state index in [4.69, 9.17) is 10.3 Å². The molecule has 4 rings (SSSR count). The van der Waals surface area contributed by atoms with Crippen molar-refractivity contribution in [1.82, 2.24) is 9.13 Å². The summed E-state index contributed by atoms with van der Waals surface area (Å²) in [5.41, 5.74) is 7.28. The molecule has 0 bridgehead atoms. The molecule has 30 heavy (non-hydrogen) atoms. The zero-order chi connectivity index (χ0) is 20.6. The number of hydrogen-bond donors (Lipinski definition) is 1. The molecule has 0 saturated carbocycles. The summed E-state index contributed by atoms with van der Waals surface area (Å²) < 4.78 is 47.3. The van der Waals surface area contributed by atoms with Crippen LogP contribution in [0.4, 0.5) is 4.39 Å². The third-order valence-electron chi connectivity index (χ3n) is 4.52. The lowest BCUT2D eigenvalue weighted by molar-refractivity contribution is 0.396. The van der Waals surface area contributed by atoms with Crippen LogP contribution in [-0.4, -0.2) is 17.5 Å². The molecule has 4 aromatic rings. The summed E-state index contributed by atoms with van der Waals surface area (Å²) in [5.74, 6) is 0.155. The number of benzene rings is 2. The minimum Gasteiger partial charge on any atom is -0.361 e. The predicted octanol–water partition coefficient (Wildman–Crippen LogP) is 4.36. The molecule has 2 heterocycles. The van der Waals surface area contributed by atoms with Gasteiger partial charge in [0.05, 0.1) is 10.4 Å². The third kappa shape index (κ3) is 3.89. The van der Waals surface area contributed by atoms with E-state index in [1.807, 2.05) is 0 Å². The van der Waals surface area contributed by atoms with Gasteiger partial charge in [0, 0.05) is 29.3 Å². The molecule has 0 fully saturated rings. The maximum atomic E-state index is 14.6. The number of fused-ring (bicyclic) bond motifs is 1. The molecule has 2 N–H and O–H groups in total. The van der Waals surface area contributed by atoms with E-state index in [9.17, 15) is 12.8 Å². The Labute approximate surface area is 179 Å². The fraction of sp³-hybridized carbons (Fsp3) is 0.0952. The first-order chi connectivity index (χ1) is 13.9. The molecular weight excluding hydrogens is 429 g/mol. The van der Waals surface area contributed by atoms with Gasteiger partial charge in [-0.3, -0.25) is 0 Å². The van der Waals surface area contributed by atoms with Crippen LogP contribution in [-0.2, 0) is 16.6 Å². The molecule has 0 saturated heterocycles. The highest BCUT2D eigenvalue weighted by atomic mass is 35.5. The molecule has 156 valence electrons. The molecule has 9 heteroatoms. The van der Waals surface area contributed by atoms with E-state index in [2.05, 4.69) is 5.16 Å². The van der Waals surface area contributed by atoms with Gasteiger partial charge in [0.2, 0.25) is 0 Å². The van der Waals surface area contributed by atoms with Crippen molar-refractivity contribution in [3.8, 4) is 0 Å². The van der Waals surface area contributed by atoms with Crippen molar-refractivity contribution in [3.05, 3.63) is 83.1 Å². The van der Waals surface area contributed by atoms with Crippen LogP contribution in [0.5, 0.6) is 0 Å². The minimum absolute atomic E-state index is 0. The maximum Gasteiger partial charge on any atom is 0.268 e. The average molecular weight is 448 g/mol. The van der Waals surface area contributed by atoms with Crippen molar-refractivity contribution in [2.24, 2.45) is 5.73 Å². The number of aryl methyl sites for hydroxylation is 1. The molecule has 0 atom stereocenters. The molecule has 2 aromatic heterocycles. The molecule has 2 aromatic carbocycles. The Bertz CT molecular complexity index is 1330. The summed E-state index contributed by atoms with van der Waals surface area (Å²) in [6.07, 6.45) is 3.13. The first-order valence-electron chi connectivity index (χ1n) is 8.86. The zero-order valence-corrected chi connectivity index (χ0v) is 17.6. The Balaban J connectivity index is 0.00000256. The fourth-order valence-electron chi connectivity index (χ4n) is 3.17. The van der Waals surface area contributed by atoms with Crippen LogP contribution < -0.4 is 5.73 Å². The predicted molar refractivity (Wildman–Crippen MR) is 116 cm³/mol.